The number of nitriles is 1. The Kier molecular flexibility index (Phi) is 4.72. The number of carbonyl (C=O) groups is 1. The van der Waals surface area contributed by atoms with E-state index in [1.807, 2.05) is 0 Å². The number of H-pyrrole nitrogens is 1. The van der Waals surface area contributed by atoms with Crippen molar-refractivity contribution in [3.8, 4) is 23.2 Å². The quantitative estimate of drug-likeness (QED) is 0.731. The molecule has 1 aromatic carbocycles. The number of pyridine rings is 1. The van der Waals surface area contributed by atoms with Gasteiger partial charge in [-0.1, -0.05) is 6.07 Å². The number of aromatic amines is 1. The van der Waals surface area contributed by atoms with E-state index in [4.69, 9.17) is 5.26 Å². The fourth-order valence-electron chi connectivity index (χ4n) is 3.69. The Morgan fingerprint density at radius 2 is 2.11 bits per heavy atom. The minimum atomic E-state index is -0.0761. The van der Waals surface area contributed by atoms with E-state index in [0.717, 1.165) is 18.5 Å². The molecule has 4 rings (SSSR count). The standard InChI is InChI=1S/C21H21N5O2/c1-25(13-26-8-2-3-9-26)21(28)15-5-7-17(23-12-15)19-16-6-4-14(11-22)10-18(16)24-20(19)27/h4-7,10,12,24,27H,2-3,8-9,13H2,1H3. The highest BCUT2D eigenvalue weighted by Crippen LogP contribution is 2.35. The third-order valence-electron chi connectivity index (χ3n) is 5.13. The first-order valence-corrected chi connectivity index (χ1v) is 9.26. The number of rotatable bonds is 4. The van der Waals surface area contributed by atoms with Gasteiger partial charge >= 0.3 is 0 Å². The molecule has 0 aliphatic carbocycles. The van der Waals surface area contributed by atoms with Gasteiger partial charge in [-0.25, -0.2) is 0 Å². The number of aromatic hydroxyl groups is 1. The summed E-state index contributed by atoms with van der Waals surface area (Å²) in [5.74, 6) is -0.0874. The topological polar surface area (TPSA) is 96.2 Å². The lowest BCUT2D eigenvalue weighted by Gasteiger charge is -2.23. The van der Waals surface area contributed by atoms with Crippen LogP contribution in [0.1, 0.15) is 28.8 Å². The molecule has 7 nitrogen and oxygen atoms in total. The van der Waals surface area contributed by atoms with Gasteiger partial charge in [0, 0.05) is 18.6 Å². The third kappa shape index (κ3) is 3.30. The van der Waals surface area contributed by atoms with Crippen LogP contribution >= 0.6 is 0 Å². The zero-order chi connectivity index (χ0) is 19.7. The van der Waals surface area contributed by atoms with Crippen molar-refractivity contribution in [3.63, 3.8) is 0 Å². The number of nitrogens with zero attached hydrogens (tertiary/aromatic N) is 4. The molecule has 1 aliphatic heterocycles. The zero-order valence-corrected chi connectivity index (χ0v) is 15.6. The van der Waals surface area contributed by atoms with E-state index in [1.165, 1.54) is 12.8 Å². The lowest BCUT2D eigenvalue weighted by molar-refractivity contribution is 0.0709. The van der Waals surface area contributed by atoms with Crippen LogP contribution in [0.5, 0.6) is 5.88 Å². The molecule has 2 aromatic heterocycles. The fraction of sp³-hybridized carbons (Fsp3) is 0.286. The second-order valence-electron chi connectivity index (χ2n) is 7.12. The van der Waals surface area contributed by atoms with Gasteiger partial charge in [0.1, 0.15) is 0 Å². The Labute approximate surface area is 162 Å². The van der Waals surface area contributed by atoms with E-state index in [2.05, 4.69) is 20.9 Å². The molecule has 1 fully saturated rings. The van der Waals surface area contributed by atoms with Crippen molar-refractivity contribution >= 4 is 16.8 Å². The second-order valence-corrected chi connectivity index (χ2v) is 7.12. The van der Waals surface area contributed by atoms with Crippen LogP contribution in [0.3, 0.4) is 0 Å². The number of aromatic nitrogens is 2. The van der Waals surface area contributed by atoms with Crippen molar-refractivity contribution in [1.29, 1.82) is 5.26 Å². The van der Waals surface area contributed by atoms with Crippen LogP contribution in [0, 0.1) is 11.3 Å². The van der Waals surface area contributed by atoms with Crippen LogP contribution in [0.2, 0.25) is 0 Å². The van der Waals surface area contributed by atoms with Gasteiger partial charge in [-0.2, -0.15) is 5.26 Å². The van der Waals surface area contributed by atoms with Gasteiger partial charge in [0.2, 0.25) is 0 Å². The summed E-state index contributed by atoms with van der Waals surface area (Å²) in [6.45, 7) is 2.68. The first-order chi connectivity index (χ1) is 13.6. The van der Waals surface area contributed by atoms with Crippen LogP contribution in [-0.4, -0.2) is 57.6 Å². The van der Waals surface area contributed by atoms with Crippen molar-refractivity contribution in [3.05, 3.63) is 47.7 Å². The first-order valence-electron chi connectivity index (χ1n) is 9.26. The molecule has 0 bridgehead atoms. The van der Waals surface area contributed by atoms with Gasteiger partial charge in [-0.3, -0.25) is 14.7 Å². The molecule has 2 N–H and O–H groups in total. The Bertz CT molecular complexity index is 1060. The maximum absolute atomic E-state index is 12.7. The molecule has 0 atom stereocenters. The summed E-state index contributed by atoms with van der Waals surface area (Å²) in [4.78, 5) is 23.9. The van der Waals surface area contributed by atoms with Gasteiger partial charge in [-0.15, -0.1) is 0 Å². The predicted octanol–water partition coefficient (Wildman–Crippen LogP) is 2.93. The molecule has 0 unspecified atom stereocenters. The average molecular weight is 375 g/mol. The van der Waals surface area contributed by atoms with Crippen LogP contribution in [0.4, 0.5) is 0 Å². The summed E-state index contributed by atoms with van der Waals surface area (Å²) in [6, 6.07) is 10.7. The van der Waals surface area contributed by atoms with E-state index < -0.39 is 0 Å². The summed E-state index contributed by atoms with van der Waals surface area (Å²) in [7, 11) is 1.80. The Morgan fingerprint density at radius 1 is 1.32 bits per heavy atom. The van der Waals surface area contributed by atoms with Crippen molar-refractivity contribution in [1.82, 2.24) is 19.8 Å². The van der Waals surface area contributed by atoms with Gasteiger partial charge < -0.3 is 15.0 Å². The number of hydrogen-bond acceptors (Lipinski definition) is 5. The number of nitrogens with one attached hydrogen (secondary N) is 1. The molecule has 0 radical (unpaired) electrons. The molecular weight excluding hydrogens is 354 g/mol. The number of fused-ring (bicyclic) bond motifs is 1. The van der Waals surface area contributed by atoms with Crippen molar-refractivity contribution < 1.29 is 9.90 Å². The van der Waals surface area contributed by atoms with Crippen LogP contribution in [0.15, 0.2) is 36.5 Å². The molecule has 0 spiro atoms. The smallest absolute Gasteiger partial charge is 0.256 e. The average Bonchev–Trinajstić information content (AvgIpc) is 3.33. The number of carbonyl (C=O) groups excluding carboxylic acids is 1. The third-order valence-corrected chi connectivity index (χ3v) is 5.13. The normalized spacial score (nSPS) is 14.3. The number of hydrogen-bond donors (Lipinski definition) is 2. The van der Waals surface area contributed by atoms with Gasteiger partial charge in [-0.05, 0) is 50.2 Å². The van der Waals surface area contributed by atoms with Crippen molar-refractivity contribution in [2.24, 2.45) is 0 Å². The zero-order valence-electron chi connectivity index (χ0n) is 15.6. The summed E-state index contributed by atoms with van der Waals surface area (Å²) >= 11 is 0. The summed E-state index contributed by atoms with van der Waals surface area (Å²) in [5.41, 5.74) is 2.81. The van der Waals surface area contributed by atoms with E-state index in [1.54, 1.807) is 48.5 Å². The first kappa shape index (κ1) is 18.0. The number of benzene rings is 1. The Morgan fingerprint density at radius 3 is 2.79 bits per heavy atom. The number of amides is 1. The minimum Gasteiger partial charge on any atom is -0.494 e. The Balaban J connectivity index is 1.58. The molecule has 1 aliphatic rings. The molecular formula is C21H21N5O2. The highest BCUT2D eigenvalue weighted by atomic mass is 16.3. The molecule has 0 saturated carbocycles. The monoisotopic (exact) mass is 375 g/mol. The van der Waals surface area contributed by atoms with E-state index >= 15 is 0 Å². The van der Waals surface area contributed by atoms with Gasteiger partial charge in [0.25, 0.3) is 5.91 Å². The maximum atomic E-state index is 12.7. The lowest BCUT2D eigenvalue weighted by atomic mass is 10.1. The number of likely N-dealkylation sites (tertiary alicyclic amines) is 1. The maximum Gasteiger partial charge on any atom is 0.256 e. The van der Waals surface area contributed by atoms with Crippen molar-refractivity contribution in [2.75, 3.05) is 26.8 Å². The molecule has 3 heterocycles. The summed E-state index contributed by atoms with van der Waals surface area (Å²) < 4.78 is 0. The highest BCUT2D eigenvalue weighted by Gasteiger charge is 2.19. The lowest BCUT2D eigenvalue weighted by Crippen LogP contribution is -2.37. The van der Waals surface area contributed by atoms with Crippen LogP contribution < -0.4 is 0 Å². The summed E-state index contributed by atoms with van der Waals surface area (Å²) in [6.07, 6.45) is 3.91. The highest BCUT2D eigenvalue weighted by molar-refractivity contribution is 5.99. The molecule has 3 aromatic rings. The van der Waals surface area contributed by atoms with E-state index in [0.29, 0.717) is 34.6 Å². The summed E-state index contributed by atoms with van der Waals surface area (Å²) in [5, 5.41) is 20.1. The molecule has 28 heavy (non-hydrogen) atoms. The Hall–Kier alpha value is -3.37. The second kappa shape index (κ2) is 7.33. The van der Waals surface area contributed by atoms with E-state index in [-0.39, 0.29) is 11.8 Å². The van der Waals surface area contributed by atoms with Gasteiger partial charge in [0.05, 0.1) is 40.6 Å². The predicted molar refractivity (Wildman–Crippen MR) is 106 cm³/mol. The van der Waals surface area contributed by atoms with Crippen molar-refractivity contribution in [2.45, 2.75) is 12.8 Å². The molecule has 1 saturated heterocycles. The largest absolute Gasteiger partial charge is 0.494 e. The van der Waals surface area contributed by atoms with Crippen LogP contribution in [-0.2, 0) is 0 Å². The molecule has 7 heteroatoms. The fourth-order valence-corrected chi connectivity index (χ4v) is 3.69. The van der Waals surface area contributed by atoms with Crippen LogP contribution in [0.25, 0.3) is 22.2 Å². The van der Waals surface area contributed by atoms with E-state index in [9.17, 15) is 9.90 Å². The minimum absolute atomic E-state index is 0.0113. The molecule has 142 valence electrons. The SMILES string of the molecule is CN(CN1CCCC1)C(=O)c1ccc(-c2c(O)[nH]c3cc(C#N)ccc23)nc1. The molecule has 1 amide bonds. The van der Waals surface area contributed by atoms with Gasteiger partial charge in [0.15, 0.2) is 5.88 Å².